The number of hydrogen-bond acceptors (Lipinski definition) is 3. The summed E-state index contributed by atoms with van der Waals surface area (Å²) in [6.07, 6.45) is 2.48. The van der Waals surface area contributed by atoms with Gasteiger partial charge in [-0.25, -0.2) is 0 Å². The largest absolute Gasteiger partial charge is 0.314 e. The van der Waals surface area contributed by atoms with Gasteiger partial charge in [-0.1, -0.05) is 29.8 Å². The molecule has 0 spiro atoms. The smallest absolute Gasteiger partial charge is 0.0317 e. The van der Waals surface area contributed by atoms with Crippen LogP contribution in [0.1, 0.15) is 30.0 Å². The van der Waals surface area contributed by atoms with E-state index in [1.54, 1.807) is 0 Å². The fourth-order valence-corrected chi connectivity index (χ4v) is 2.73. The van der Waals surface area contributed by atoms with Gasteiger partial charge >= 0.3 is 0 Å². The van der Waals surface area contributed by atoms with Crippen LogP contribution in [-0.4, -0.2) is 44.7 Å². The molecule has 106 valence electrons. The Hall–Kier alpha value is -0.900. The molecule has 3 nitrogen and oxygen atoms in total. The SMILES string of the molecule is CNC(CCCN1CCNCC1)c1ccc(C)cc1. The Morgan fingerprint density at radius 1 is 1.21 bits per heavy atom. The maximum atomic E-state index is 3.44. The maximum Gasteiger partial charge on any atom is 0.0317 e. The average Bonchev–Trinajstić information content (AvgIpc) is 2.46. The van der Waals surface area contributed by atoms with Gasteiger partial charge in [0.05, 0.1) is 0 Å². The zero-order chi connectivity index (χ0) is 13.5. The molecule has 1 aromatic carbocycles. The van der Waals surface area contributed by atoms with Gasteiger partial charge in [0.1, 0.15) is 0 Å². The van der Waals surface area contributed by atoms with Crippen LogP contribution in [0.3, 0.4) is 0 Å². The second kappa shape index (κ2) is 7.63. The van der Waals surface area contributed by atoms with Crippen molar-refractivity contribution in [3.8, 4) is 0 Å². The van der Waals surface area contributed by atoms with Crippen LogP contribution in [0.15, 0.2) is 24.3 Å². The monoisotopic (exact) mass is 261 g/mol. The number of aryl methyl sites for hydroxylation is 1. The van der Waals surface area contributed by atoms with Crippen LogP contribution >= 0.6 is 0 Å². The van der Waals surface area contributed by atoms with Crippen molar-refractivity contribution in [3.63, 3.8) is 0 Å². The van der Waals surface area contributed by atoms with E-state index in [1.807, 2.05) is 0 Å². The highest BCUT2D eigenvalue weighted by atomic mass is 15.2. The topological polar surface area (TPSA) is 27.3 Å². The van der Waals surface area contributed by atoms with E-state index in [1.165, 1.54) is 43.6 Å². The molecule has 0 aromatic heterocycles. The standard InChI is InChI=1S/C16H27N3/c1-14-5-7-15(8-6-14)16(17-2)4-3-11-19-12-9-18-10-13-19/h5-8,16-18H,3-4,9-13H2,1-2H3. The third-order valence-corrected chi connectivity index (χ3v) is 4.00. The van der Waals surface area contributed by atoms with Gasteiger partial charge in [0.15, 0.2) is 0 Å². The Bertz CT molecular complexity index is 355. The molecule has 0 bridgehead atoms. The summed E-state index contributed by atoms with van der Waals surface area (Å²) in [5.41, 5.74) is 2.74. The quantitative estimate of drug-likeness (QED) is 0.819. The third kappa shape index (κ3) is 4.60. The van der Waals surface area contributed by atoms with Crippen molar-refractivity contribution < 1.29 is 0 Å². The number of nitrogens with zero attached hydrogens (tertiary/aromatic N) is 1. The third-order valence-electron chi connectivity index (χ3n) is 4.00. The predicted molar refractivity (Wildman–Crippen MR) is 81.5 cm³/mol. The summed E-state index contributed by atoms with van der Waals surface area (Å²) >= 11 is 0. The summed E-state index contributed by atoms with van der Waals surface area (Å²) in [6.45, 7) is 8.07. The lowest BCUT2D eigenvalue weighted by Crippen LogP contribution is -2.43. The van der Waals surface area contributed by atoms with Gasteiger partial charge < -0.3 is 15.5 Å². The molecule has 2 rings (SSSR count). The average molecular weight is 261 g/mol. The number of benzene rings is 1. The Morgan fingerprint density at radius 3 is 2.53 bits per heavy atom. The van der Waals surface area contributed by atoms with Crippen molar-refractivity contribution in [2.24, 2.45) is 0 Å². The first-order valence-corrected chi connectivity index (χ1v) is 7.46. The fourth-order valence-electron chi connectivity index (χ4n) is 2.73. The van der Waals surface area contributed by atoms with Crippen LogP contribution in [0, 0.1) is 6.92 Å². The summed E-state index contributed by atoms with van der Waals surface area (Å²) in [5, 5.41) is 6.85. The van der Waals surface area contributed by atoms with Crippen LogP contribution in [0.4, 0.5) is 0 Å². The number of piperazine rings is 1. The summed E-state index contributed by atoms with van der Waals surface area (Å²) < 4.78 is 0. The Labute approximate surface area is 117 Å². The van der Waals surface area contributed by atoms with E-state index in [2.05, 4.69) is 53.8 Å². The van der Waals surface area contributed by atoms with E-state index in [-0.39, 0.29) is 0 Å². The lowest BCUT2D eigenvalue weighted by molar-refractivity contribution is 0.233. The first kappa shape index (κ1) is 14.5. The van der Waals surface area contributed by atoms with Gasteiger partial charge in [0, 0.05) is 32.2 Å². The van der Waals surface area contributed by atoms with E-state index >= 15 is 0 Å². The fraction of sp³-hybridized carbons (Fsp3) is 0.625. The van der Waals surface area contributed by atoms with Crippen molar-refractivity contribution in [1.29, 1.82) is 0 Å². The van der Waals surface area contributed by atoms with Crippen molar-refractivity contribution in [1.82, 2.24) is 15.5 Å². The molecule has 1 aliphatic heterocycles. The molecule has 1 aromatic rings. The first-order valence-electron chi connectivity index (χ1n) is 7.46. The highest BCUT2D eigenvalue weighted by Crippen LogP contribution is 2.18. The summed E-state index contributed by atoms with van der Waals surface area (Å²) in [4.78, 5) is 2.57. The zero-order valence-electron chi connectivity index (χ0n) is 12.3. The molecule has 0 amide bonds. The Balaban J connectivity index is 1.77. The summed E-state index contributed by atoms with van der Waals surface area (Å²) in [7, 11) is 2.06. The Kier molecular flexibility index (Phi) is 5.83. The van der Waals surface area contributed by atoms with Crippen LogP contribution in [0.25, 0.3) is 0 Å². The van der Waals surface area contributed by atoms with E-state index in [4.69, 9.17) is 0 Å². The molecule has 3 heteroatoms. The molecule has 1 heterocycles. The van der Waals surface area contributed by atoms with Gasteiger partial charge in [-0.15, -0.1) is 0 Å². The van der Waals surface area contributed by atoms with E-state index in [0.717, 1.165) is 13.1 Å². The van der Waals surface area contributed by atoms with Crippen LogP contribution in [0.2, 0.25) is 0 Å². The van der Waals surface area contributed by atoms with Gasteiger partial charge in [-0.2, -0.15) is 0 Å². The zero-order valence-corrected chi connectivity index (χ0v) is 12.3. The normalized spacial score (nSPS) is 18.4. The van der Waals surface area contributed by atoms with Gasteiger partial charge in [0.2, 0.25) is 0 Å². The molecule has 1 aliphatic rings. The van der Waals surface area contributed by atoms with Crippen molar-refractivity contribution in [2.45, 2.75) is 25.8 Å². The summed E-state index contributed by atoms with van der Waals surface area (Å²) in [6, 6.07) is 9.40. The summed E-state index contributed by atoms with van der Waals surface area (Å²) in [5.74, 6) is 0. The molecule has 1 fully saturated rings. The highest BCUT2D eigenvalue weighted by Gasteiger charge is 2.12. The minimum Gasteiger partial charge on any atom is -0.314 e. The number of hydrogen-bond donors (Lipinski definition) is 2. The maximum absolute atomic E-state index is 3.44. The molecule has 19 heavy (non-hydrogen) atoms. The second-order valence-electron chi connectivity index (χ2n) is 5.49. The van der Waals surface area contributed by atoms with Gasteiger partial charge in [-0.3, -0.25) is 0 Å². The van der Waals surface area contributed by atoms with Gasteiger partial charge in [0.25, 0.3) is 0 Å². The molecule has 0 aliphatic carbocycles. The minimum atomic E-state index is 0.489. The number of nitrogens with one attached hydrogen (secondary N) is 2. The molecular formula is C16H27N3. The molecule has 1 atom stereocenters. The van der Waals surface area contributed by atoms with Gasteiger partial charge in [-0.05, 0) is 38.9 Å². The molecule has 0 saturated carbocycles. The molecule has 2 N–H and O–H groups in total. The molecule has 0 radical (unpaired) electrons. The van der Waals surface area contributed by atoms with Crippen LogP contribution in [-0.2, 0) is 0 Å². The van der Waals surface area contributed by atoms with Crippen molar-refractivity contribution in [2.75, 3.05) is 39.8 Å². The first-order chi connectivity index (χ1) is 9.29. The van der Waals surface area contributed by atoms with Crippen molar-refractivity contribution in [3.05, 3.63) is 35.4 Å². The molecular weight excluding hydrogens is 234 g/mol. The lowest BCUT2D eigenvalue weighted by atomic mass is 10.0. The minimum absolute atomic E-state index is 0.489. The highest BCUT2D eigenvalue weighted by molar-refractivity contribution is 5.24. The van der Waals surface area contributed by atoms with Crippen LogP contribution < -0.4 is 10.6 Å². The predicted octanol–water partition coefficient (Wildman–Crippen LogP) is 1.94. The van der Waals surface area contributed by atoms with E-state index < -0.39 is 0 Å². The lowest BCUT2D eigenvalue weighted by Gasteiger charge is -2.27. The van der Waals surface area contributed by atoms with E-state index in [0.29, 0.717) is 6.04 Å². The molecule has 1 saturated heterocycles. The van der Waals surface area contributed by atoms with E-state index in [9.17, 15) is 0 Å². The second-order valence-corrected chi connectivity index (χ2v) is 5.49. The van der Waals surface area contributed by atoms with Crippen LogP contribution in [0.5, 0.6) is 0 Å². The Morgan fingerprint density at radius 2 is 1.89 bits per heavy atom. The molecule has 1 unspecified atom stereocenters. The van der Waals surface area contributed by atoms with Crippen molar-refractivity contribution >= 4 is 0 Å². The number of rotatable bonds is 6.